The maximum absolute atomic E-state index is 10.3. The molecule has 0 saturated heterocycles. The lowest BCUT2D eigenvalue weighted by Gasteiger charge is -2.14. The normalized spacial score (nSPS) is 16.3. The van der Waals surface area contributed by atoms with Crippen LogP contribution in [0.2, 0.25) is 5.02 Å². The summed E-state index contributed by atoms with van der Waals surface area (Å²) in [6.07, 6.45) is 7.01. The van der Waals surface area contributed by atoms with E-state index in [1.165, 1.54) is 18.9 Å². The molecular weight excluding hydrogens is 254 g/mol. The molecule has 1 aromatic carbocycles. The lowest BCUT2D eigenvalue weighted by atomic mass is 10.2. The van der Waals surface area contributed by atoms with E-state index in [1.54, 1.807) is 18.2 Å². The summed E-state index contributed by atoms with van der Waals surface area (Å²) in [6.45, 7) is 0. The van der Waals surface area contributed by atoms with Gasteiger partial charge in [-0.15, -0.1) is 0 Å². The first-order valence-electron chi connectivity index (χ1n) is 5.93. The minimum Gasteiger partial charge on any atom is -0.489 e. The molecule has 2 rings (SSSR count). The van der Waals surface area contributed by atoms with Gasteiger partial charge in [0.05, 0.1) is 16.0 Å². The van der Waals surface area contributed by atoms with E-state index < -0.39 is 4.92 Å². The van der Waals surface area contributed by atoms with Gasteiger partial charge in [-0.25, -0.2) is 0 Å². The van der Waals surface area contributed by atoms with E-state index in [4.69, 9.17) is 16.3 Å². The number of nitrogens with zero attached hydrogens (tertiary/aromatic N) is 1. The third-order valence-corrected chi connectivity index (χ3v) is 3.25. The zero-order valence-corrected chi connectivity index (χ0v) is 10.6. The van der Waals surface area contributed by atoms with Crippen LogP contribution >= 0.6 is 11.6 Å². The third-order valence-electron chi connectivity index (χ3n) is 2.94. The Morgan fingerprint density at radius 1 is 1.39 bits per heavy atom. The Hall–Kier alpha value is -1.55. The molecule has 0 aliphatic heterocycles. The van der Waals surface area contributed by atoms with E-state index in [1.807, 2.05) is 0 Å². The second kappa shape index (κ2) is 5.87. The third kappa shape index (κ3) is 3.47. The SMILES string of the molecule is O=[N+]([O-])/C=C/c1ccc(Cl)c(OC2CCCC2)c1. The smallest absolute Gasteiger partial charge is 0.235 e. The average molecular weight is 268 g/mol. The van der Waals surface area contributed by atoms with Crippen molar-refractivity contribution in [3.8, 4) is 5.75 Å². The van der Waals surface area contributed by atoms with E-state index in [0.717, 1.165) is 19.0 Å². The Balaban J connectivity index is 2.12. The van der Waals surface area contributed by atoms with Gasteiger partial charge in [-0.3, -0.25) is 10.1 Å². The molecule has 1 aliphatic rings. The molecular formula is C13H14ClNO3. The Morgan fingerprint density at radius 2 is 2.11 bits per heavy atom. The van der Waals surface area contributed by atoms with Crippen molar-refractivity contribution in [1.82, 2.24) is 0 Å². The van der Waals surface area contributed by atoms with Crippen molar-refractivity contribution in [3.05, 3.63) is 45.1 Å². The highest BCUT2D eigenvalue weighted by Gasteiger charge is 2.17. The van der Waals surface area contributed by atoms with Crippen molar-refractivity contribution in [2.75, 3.05) is 0 Å². The van der Waals surface area contributed by atoms with Crippen molar-refractivity contribution in [2.24, 2.45) is 0 Å². The number of rotatable bonds is 4. The van der Waals surface area contributed by atoms with Gasteiger partial charge in [0.2, 0.25) is 6.20 Å². The Kier molecular flexibility index (Phi) is 4.20. The average Bonchev–Trinajstić information content (AvgIpc) is 2.83. The van der Waals surface area contributed by atoms with Crippen LogP contribution in [0.5, 0.6) is 5.75 Å². The van der Waals surface area contributed by atoms with Gasteiger partial charge in [0.25, 0.3) is 0 Å². The van der Waals surface area contributed by atoms with Crippen LogP contribution in [-0.2, 0) is 0 Å². The number of halogens is 1. The fourth-order valence-corrected chi connectivity index (χ4v) is 2.21. The zero-order chi connectivity index (χ0) is 13.0. The maximum atomic E-state index is 10.3. The molecule has 18 heavy (non-hydrogen) atoms. The highest BCUT2D eigenvalue weighted by atomic mass is 35.5. The molecule has 1 fully saturated rings. The second-order valence-electron chi connectivity index (χ2n) is 4.32. The van der Waals surface area contributed by atoms with Crippen molar-refractivity contribution < 1.29 is 9.66 Å². The van der Waals surface area contributed by atoms with Crippen LogP contribution in [0.3, 0.4) is 0 Å². The van der Waals surface area contributed by atoms with Crippen LogP contribution in [0.1, 0.15) is 31.2 Å². The number of nitro groups is 1. The van der Waals surface area contributed by atoms with Gasteiger partial charge in [0.15, 0.2) is 0 Å². The highest BCUT2D eigenvalue weighted by Crippen LogP contribution is 2.30. The van der Waals surface area contributed by atoms with Crippen molar-refractivity contribution >= 4 is 17.7 Å². The molecule has 0 spiro atoms. The number of hydrogen-bond donors (Lipinski definition) is 0. The van der Waals surface area contributed by atoms with E-state index in [9.17, 15) is 10.1 Å². The van der Waals surface area contributed by atoms with E-state index in [2.05, 4.69) is 0 Å². The number of benzene rings is 1. The molecule has 1 saturated carbocycles. The topological polar surface area (TPSA) is 52.4 Å². The van der Waals surface area contributed by atoms with E-state index in [-0.39, 0.29) is 6.10 Å². The van der Waals surface area contributed by atoms with Gasteiger partial charge in [-0.1, -0.05) is 17.7 Å². The molecule has 0 aromatic heterocycles. The standard InChI is InChI=1S/C13H14ClNO3/c14-12-6-5-10(7-8-15(16)17)9-13(12)18-11-3-1-2-4-11/h5-9,11H,1-4H2/b8-7+. The summed E-state index contributed by atoms with van der Waals surface area (Å²) in [6, 6.07) is 5.16. The fourth-order valence-electron chi connectivity index (χ4n) is 2.05. The summed E-state index contributed by atoms with van der Waals surface area (Å²) in [7, 11) is 0. The summed E-state index contributed by atoms with van der Waals surface area (Å²) < 4.78 is 5.82. The molecule has 1 aliphatic carbocycles. The summed E-state index contributed by atoms with van der Waals surface area (Å²) >= 11 is 6.05. The molecule has 5 heteroatoms. The van der Waals surface area contributed by atoms with E-state index in [0.29, 0.717) is 16.3 Å². The first-order chi connectivity index (χ1) is 8.65. The molecule has 96 valence electrons. The summed E-state index contributed by atoms with van der Waals surface area (Å²) in [4.78, 5) is 9.77. The van der Waals surface area contributed by atoms with E-state index >= 15 is 0 Å². The molecule has 1 aromatic rings. The molecule has 0 N–H and O–H groups in total. The van der Waals surface area contributed by atoms with Gasteiger partial charge in [0.1, 0.15) is 5.75 Å². The zero-order valence-electron chi connectivity index (χ0n) is 9.84. The Morgan fingerprint density at radius 3 is 2.78 bits per heavy atom. The van der Waals surface area contributed by atoms with Crippen LogP contribution in [-0.4, -0.2) is 11.0 Å². The predicted molar refractivity (Wildman–Crippen MR) is 70.4 cm³/mol. The fraction of sp³-hybridized carbons (Fsp3) is 0.385. The van der Waals surface area contributed by atoms with Crippen LogP contribution in [0.15, 0.2) is 24.4 Å². The highest BCUT2D eigenvalue weighted by molar-refractivity contribution is 6.32. The van der Waals surface area contributed by atoms with Crippen LogP contribution in [0.25, 0.3) is 6.08 Å². The molecule has 4 nitrogen and oxygen atoms in total. The summed E-state index contributed by atoms with van der Waals surface area (Å²) in [5, 5.41) is 10.8. The lowest BCUT2D eigenvalue weighted by molar-refractivity contribution is -0.400. The minimum absolute atomic E-state index is 0.220. The first kappa shape index (κ1) is 12.9. The summed E-state index contributed by atoms with van der Waals surface area (Å²) in [5.41, 5.74) is 0.712. The van der Waals surface area contributed by atoms with Crippen molar-refractivity contribution in [1.29, 1.82) is 0 Å². The Labute approximate surface area is 110 Å². The van der Waals surface area contributed by atoms with Gasteiger partial charge in [-0.2, -0.15) is 0 Å². The molecule has 0 heterocycles. The monoisotopic (exact) mass is 267 g/mol. The molecule has 0 amide bonds. The number of ether oxygens (including phenoxy) is 1. The van der Waals surface area contributed by atoms with Gasteiger partial charge in [-0.05, 0) is 43.4 Å². The largest absolute Gasteiger partial charge is 0.489 e. The number of hydrogen-bond acceptors (Lipinski definition) is 3. The van der Waals surface area contributed by atoms with Crippen LogP contribution in [0, 0.1) is 10.1 Å². The van der Waals surface area contributed by atoms with Gasteiger partial charge >= 0.3 is 0 Å². The Bertz CT molecular complexity index is 467. The molecule has 0 radical (unpaired) electrons. The quantitative estimate of drug-likeness (QED) is 0.614. The summed E-state index contributed by atoms with van der Waals surface area (Å²) in [5.74, 6) is 0.606. The molecule has 0 atom stereocenters. The van der Waals surface area contributed by atoms with Gasteiger partial charge in [0, 0.05) is 6.08 Å². The van der Waals surface area contributed by atoms with Gasteiger partial charge < -0.3 is 4.74 Å². The second-order valence-corrected chi connectivity index (χ2v) is 4.72. The molecule has 0 unspecified atom stereocenters. The lowest BCUT2D eigenvalue weighted by Crippen LogP contribution is -2.11. The van der Waals surface area contributed by atoms with Crippen LogP contribution in [0.4, 0.5) is 0 Å². The van der Waals surface area contributed by atoms with Crippen molar-refractivity contribution in [2.45, 2.75) is 31.8 Å². The maximum Gasteiger partial charge on any atom is 0.235 e. The predicted octanol–water partition coefficient (Wildman–Crippen LogP) is 3.91. The molecule has 0 bridgehead atoms. The van der Waals surface area contributed by atoms with Crippen molar-refractivity contribution in [3.63, 3.8) is 0 Å². The van der Waals surface area contributed by atoms with Crippen LogP contribution < -0.4 is 4.74 Å². The minimum atomic E-state index is -0.494. The first-order valence-corrected chi connectivity index (χ1v) is 6.31.